The molecule has 0 unspecified atom stereocenters. The van der Waals surface area contributed by atoms with Crippen molar-refractivity contribution < 1.29 is 19.1 Å². The first-order chi connectivity index (χ1) is 12.1. The Hall–Kier alpha value is -2.70. The number of rotatable bonds is 6. The zero-order valence-electron chi connectivity index (χ0n) is 14.7. The van der Waals surface area contributed by atoms with Gasteiger partial charge in [-0.3, -0.25) is 4.79 Å². The van der Waals surface area contributed by atoms with Crippen molar-refractivity contribution in [3.05, 3.63) is 35.0 Å². The number of urea groups is 1. The number of ether oxygens (including phenoxy) is 2. The van der Waals surface area contributed by atoms with E-state index in [9.17, 15) is 9.59 Å². The van der Waals surface area contributed by atoms with Crippen LogP contribution in [0.4, 0.5) is 4.79 Å². The molecule has 1 aromatic carbocycles. The smallest absolute Gasteiger partial charge is 0.319 e. The van der Waals surface area contributed by atoms with Gasteiger partial charge in [-0.25, -0.2) is 4.79 Å². The van der Waals surface area contributed by atoms with Crippen LogP contribution in [0.2, 0.25) is 0 Å². The van der Waals surface area contributed by atoms with Crippen LogP contribution in [-0.2, 0) is 4.79 Å². The summed E-state index contributed by atoms with van der Waals surface area (Å²) in [6.07, 6.45) is 1.95. The average Bonchev–Trinajstić information content (AvgIpc) is 2.94. The summed E-state index contributed by atoms with van der Waals surface area (Å²) in [5.74, 6) is 1.13. The number of nitrogens with zero attached hydrogens (tertiary/aromatic N) is 1. The Labute approximate surface area is 147 Å². The SMILES string of the molecule is CCCCN1CC2=C(C1=O)[C@@H](c1ccc(OC)c(OC)c1)NC(=O)N2. The quantitative estimate of drug-likeness (QED) is 0.826. The van der Waals surface area contributed by atoms with Crippen LogP contribution >= 0.6 is 0 Å². The number of methoxy groups -OCH3 is 2. The van der Waals surface area contributed by atoms with Gasteiger partial charge in [0.05, 0.1) is 38.1 Å². The highest BCUT2D eigenvalue weighted by atomic mass is 16.5. The van der Waals surface area contributed by atoms with Gasteiger partial charge in [0.25, 0.3) is 5.91 Å². The molecule has 0 saturated heterocycles. The van der Waals surface area contributed by atoms with Crippen LogP contribution in [-0.4, -0.2) is 44.1 Å². The highest BCUT2D eigenvalue weighted by molar-refractivity contribution is 6.01. The zero-order valence-corrected chi connectivity index (χ0v) is 14.7. The molecule has 2 aliphatic rings. The first-order valence-electron chi connectivity index (χ1n) is 8.40. The Morgan fingerprint density at radius 1 is 1.20 bits per heavy atom. The van der Waals surface area contributed by atoms with Crippen molar-refractivity contribution in [2.45, 2.75) is 25.8 Å². The first-order valence-corrected chi connectivity index (χ1v) is 8.40. The molecule has 0 spiro atoms. The summed E-state index contributed by atoms with van der Waals surface area (Å²) >= 11 is 0. The Kier molecular flexibility index (Phi) is 4.83. The lowest BCUT2D eigenvalue weighted by Crippen LogP contribution is -2.44. The monoisotopic (exact) mass is 345 g/mol. The van der Waals surface area contributed by atoms with Crippen LogP contribution in [0, 0.1) is 0 Å². The van der Waals surface area contributed by atoms with E-state index in [0.717, 1.165) is 18.4 Å². The molecule has 0 aromatic heterocycles. The van der Waals surface area contributed by atoms with Gasteiger partial charge in [-0.1, -0.05) is 19.4 Å². The van der Waals surface area contributed by atoms with E-state index in [1.165, 1.54) is 0 Å². The van der Waals surface area contributed by atoms with Crippen molar-refractivity contribution in [3.8, 4) is 11.5 Å². The van der Waals surface area contributed by atoms with Gasteiger partial charge >= 0.3 is 6.03 Å². The Morgan fingerprint density at radius 2 is 1.96 bits per heavy atom. The van der Waals surface area contributed by atoms with Crippen molar-refractivity contribution in [3.63, 3.8) is 0 Å². The third-order valence-electron chi connectivity index (χ3n) is 4.54. The van der Waals surface area contributed by atoms with Crippen LogP contribution in [0.1, 0.15) is 31.4 Å². The van der Waals surface area contributed by atoms with Crippen molar-refractivity contribution in [2.75, 3.05) is 27.3 Å². The summed E-state index contributed by atoms with van der Waals surface area (Å²) in [6, 6.07) is 4.61. The van der Waals surface area contributed by atoms with Crippen LogP contribution in [0.25, 0.3) is 0 Å². The highest BCUT2D eigenvalue weighted by Crippen LogP contribution is 2.36. The second-order valence-corrected chi connectivity index (χ2v) is 6.12. The number of amides is 3. The number of carbonyl (C=O) groups excluding carboxylic acids is 2. The molecule has 1 atom stereocenters. The summed E-state index contributed by atoms with van der Waals surface area (Å²) in [6.45, 7) is 3.23. The number of hydrogen-bond acceptors (Lipinski definition) is 4. The molecule has 134 valence electrons. The standard InChI is InChI=1S/C18H23N3O4/c1-4-5-8-21-10-12-15(17(21)22)16(20-18(23)19-12)11-6-7-13(24-2)14(9-11)25-3/h6-7,9,16H,4-5,8,10H2,1-3H3,(H2,19,20,23)/t16-/m1/s1. The predicted molar refractivity (Wildman–Crippen MR) is 92.5 cm³/mol. The maximum atomic E-state index is 12.8. The molecule has 0 aliphatic carbocycles. The van der Waals surface area contributed by atoms with Gasteiger partial charge in [-0.2, -0.15) is 0 Å². The fourth-order valence-electron chi connectivity index (χ4n) is 3.24. The summed E-state index contributed by atoms with van der Waals surface area (Å²) in [7, 11) is 3.12. The molecular formula is C18H23N3O4. The molecule has 2 heterocycles. The number of hydrogen-bond donors (Lipinski definition) is 2. The van der Waals surface area contributed by atoms with Crippen LogP contribution in [0.3, 0.4) is 0 Å². The maximum Gasteiger partial charge on any atom is 0.319 e. The van der Waals surface area contributed by atoms with Gasteiger partial charge in [0.15, 0.2) is 11.5 Å². The van der Waals surface area contributed by atoms with Gasteiger partial charge in [0.2, 0.25) is 0 Å². The van der Waals surface area contributed by atoms with Crippen LogP contribution in [0.5, 0.6) is 11.5 Å². The number of carbonyl (C=O) groups is 2. The molecule has 3 amide bonds. The lowest BCUT2D eigenvalue weighted by molar-refractivity contribution is -0.125. The molecule has 0 fully saturated rings. The van der Waals surface area contributed by atoms with Crippen molar-refractivity contribution in [1.29, 1.82) is 0 Å². The number of nitrogens with one attached hydrogen (secondary N) is 2. The van der Waals surface area contributed by atoms with E-state index in [0.29, 0.717) is 35.9 Å². The molecular weight excluding hydrogens is 322 g/mol. The Balaban J connectivity index is 1.94. The van der Waals surface area contributed by atoms with E-state index in [1.807, 2.05) is 6.07 Å². The minimum Gasteiger partial charge on any atom is -0.493 e. The summed E-state index contributed by atoms with van der Waals surface area (Å²) < 4.78 is 10.6. The van der Waals surface area contributed by atoms with E-state index in [4.69, 9.17) is 9.47 Å². The molecule has 0 saturated carbocycles. The summed E-state index contributed by atoms with van der Waals surface area (Å²) in [4.78, 5) is 26.7. The summed E-state index contributed by atoms with van der Waals surface area (Å²) in [5.41, 5.74) is 2.07. The summed E-state index contributed by atoms with van der Waals surface area (Å²) in [5, 5.41) is 5.63. The maximum absolute atomic E-state index is 12.8. The van der Waals surface area contributed by atoms with Gasteiger partial charge < -0.3 is 25.0 Å². The molecule has 25 heavy (non-hydrogen) atoms. The van der Waals surface area contributed by atoms with E-state index in [-0.39, 0.29) is 11.9 Å². The average molecular weight is 345 g/mol. The lowest BCUT2D eigenvalue weighted by Gasteiger charge is -2.26. The van der Waals surface area contributed by atoms with E-state index >= 15 is 0 Å². The van der Waals surface area contributed by atoms with Gasteiger partial charge in [-0.15, -0.1) is 0 Å². The predicted octanol–water partition coefficient (Wildman–Crippen LogP) is 1.95. The molecule has 3 rings (SSSR count). The Bertz CT molecular complexity index is 729. The van der Waals surface area contributed by atoms with E-state index in [1.54, 1.807) is 31.3 Å². The first kappa shape index (κ1) is 17.1. The molecule has 7 heteroatoms. The fraction of sp³-hybridized carbons (Fsp3) is 0.444. The second-order valence-electron chi connectivity index (χ2n) is 6.12. The zero-order chi connectivity index (χ0) is 18.0. The third-order valence-corrected chi connectivity index (χ3v) is 4.54. The molecule has 0 bridgehead atoms. The molecule has 2 N–H and O–H groups in total. The van der Waals surface area contributed by atoms with Crippen LogP contribution < -0.4 is 20.1 Å². The third kappa shape index (κ3) is 3.14. The number of unbranched alkanes of at least 4 members (excludes halogenated alkanes) is 1. The van der Waals surface area contributed by atoms with E-state index in [2.05, 4.69) is 17.6 Å². The van der Waals surface area contributed by atoms with Crippen molar-refractivity contribution in [2.24, 2.45) is 0 Å². The Morgan fingerprint density at radius 3 is 2.64 bits per heavy atom. The molecule has 1 aromatic rings. The lowest BCUT2D eigenvalue weighted by atomic mass is 9.96. The topological polar surface area (TPSA) is 79.9 Å². The number of benzene rings is 1. The second kappa shape index (κ2) is 7.04. The highest BCUT2D eigenvalue weighted by Gasteiger charge is 2.40. The van der Waals surface area contributed by atoms with Gasteiger partial charge in [0.1, 0.15) is 0 Å². The van der Waals surface area contributed by atoms with Gasteiger partial charge in [-0.05, 0) is 24.1 Å². The minimum atomic E-state index is -0.498. The minimum absolute atomic E-state index is 0.0317. The normalized spacial score (nSPS) is 19.5. The fourth-order valence-corrected chi connectivity index (χ4v) is 3.24. The molecule has 0 radical (unpaired) electrons. The van der Waals surface area contributed by atoms with Crippen molar-refractivity contribution in [1.82, 2.24) is 15.5 Å². The van der Waals surface area contributed by atoms with Crippen LogP contribution in [0.15, 0.2) is 29.5 Å². The van der Waals surface area contributed by atoms with E-state index < -0.39 is 6.04 Å². The van der Waals surface area contributed by atoms with Crippen molar-refractivity contribution >= 4 is 11.9 Å². The molecule has 2 aliphatic heterocycles. The molecule has 7 nitrogen and oxygen atoms in total. The van der Waals surface area contributed by atoms with Gasteiger partial charge in [0, 0.05) is 6.54 Å². The largest absolute Gasteiger partial charge is 0.493 e.